The molecule has 1 fully saturated rings. The van der Waals surface area contributed by atoms with Crippen LogP contribution >= 0.6 is 0 Å². The highest BCUT2D eigenvalue weighted by Gasteiger charge is 2.33. The van der Waals surface area contributed by atoms with Crippen LogP contribution in [0.2, 0.25) is 0 Å². The van der Waals surface area contributed by atoms with E-state index in [1.54, 1.807) is 0 Å². The molecular formula is C8H18N2. The number of nitrogens with two attached hydrogens (primary N) is 1. The molecule has 1 rings (SSSR count). The van der Waals surface area contributed by atoms with Crippen LogP contribution in [0.3, 0.4) is 0 Å². The summed E-state index contributed by atoms with van der Waals surface area (Å²) >= 11 is 0. The van der Waals surface area contributed by atoms with Crippen LogP contribution in [-0.4, -0.2) is 31.1 Å². The van der Waals surface area contributed by atoms with Gasteiger partial charge in [-0.15, -0.1) is 0 Å². The maximum Gasteiger partial charge on any atom is 0.0325 e. The molecule has 2 nitrogen and oxygen atoms in total. The predicted octanol–water partition coefficient (Wildman–Crippen LogP) is 0.819. The van der Waals surface area contributed by atoms with Crippen molar-refractivity contribution >= 4 is 0 Å². The molecule has 0 heterocycles. The topological polar surface area (TPSA) is 29.3 Å². The summed E-state index contributed by atoms with van der Waals surface area (Å²) in [5.41, 5.74) is 6.08. The van der Waals surface area contributed by atoms with Crippen LogP contribution in [0.15, 0.2) is 0 Å². The highest BCUT2D eigenvalue weighted by Crippen LogP contribution is 2.32. The Kier molecular flexibility index (Phi) is 2.32. The van der Waals surface area contributed by atoms with Crippen molar-refractivity contribution in [1.29, 1.82) is 0 Å². The van der Waals surface area contributed by atoms with Crippen molar-refractivity contribution in [3.63, 3.8) is 0 Å². The Labute approximate surface area is 63.4 Å². The predicted molar refractivity (Wildman–Crippen MR) is 43.9 cm³/mol. The molecule has 0 saturated heterocycles. The van der Waals surface area contributed by atoms with Gasteiger partial charge < -0.3 is 10.6 Å². The lowest BCUT2D eigenvalue weighted by Gasteiger charge is -2.34. The third kappa shape index (κ3) is 1.18. The molecular weight excluding hydrogens is 124 g/mol. The first-order chi connectivity index (χ1) is 4.71. The Bertz CT molecular complexity index is 104. The van der Waals surface area contributed by atoms with Crippen molar-refractivity contribution in [3.8, 4) is 0 Å². The van der Waals surface area contributed by atoms with E-state index >= 15 is 0 Å². The lowest BCUT2D eigenvalue weighted by molar-refractivity contribution is 0.167. The zero-order valence-corrected chi connectivity index (χ0v) is 7.06. The van der Waals surface area contributed by atoms with Gasteiger partial charge >= 0.3 is 0 Å². The van der Waals surface area contributed by atoms with Crippen LogP contribution in [-0.2, 0) is 0 Å². The van der Waals surface area contributed by atoms with Gasteiger partial charge in [-0.25, -0.2) is 0 Å². The van der Waals surface area contributed by atoms with E-state index in [-0.39, 0.29) is 0 Å². The molecule has 0 spiro atoms. The molecule has 0 unspecified atom stereocenters. The Morgan fingerprint density at radius 3 is 2.00 bits per heavy atom. The maximum atomic E-state index is 5.73. The average Bonchev–Trinajstić information content (AvgIpc) is 2.35. The van der Waals surface area contributed by atoms with Gasteiger partial charge in [0.25, 0.3) is 0 Å². The summed E-state index contributed by atoms with van der Waals surface area (Å²) in [6, 6.07) is 0. The minimum Gasteiger partial charge on any atom is -0.329 e. The first-order valence-corrected chi connectivity index (χ1v) is 4.09. The molecule has 0 atom stereocenters. The van der Waals surface area contributed by atoms with Crippen molar-refractivity contribution in [3.05, 3.63) is 0 Å². The van der Waals surface area contributed by atoms with Crippen LogP contribution in [0.1, 0.15) is 25.7 Å². The lowest BCUT2D eigenvalue weighted by atomic mass is 9.97. The second kappa shape index (κ2) is 2.89. The largest absolute Gasteiger partial charge is 0.329 e. The monoisotopic (exact) mass is 142 g/mol. The van der Waals surface area contributed by atoms with Gasteiger partial charge in [-0.3, -0.25) is 0 Å². The van der Waals surface area contributed by atoms with Crippen LogP contribution in [0.25, 0.3) is 0 Å². The standard InChI is InChI=1S/C8H18N2/c1-10(2)8(7-9)5-3-4-6-8/h3-7,9H2,1-2H3. The summed E-state index contributed by atoms with van der Waals surface area (Å²) in [4.78, 5) is 2.29. The van der Waals surface area contributed by atoms with E-state index in [1.165, 1.54) is 25.7 Å². The third-order valence-corrected chi connectivity index (χ3v) is 2.86. The van der Waals surface area contributed by atoms with Crippen LogP contribution in [0.4, 0.5) is 0 Å². The maximum absolute atomic E-state index is 5.73. The fourth-order valence-corrected chi connectivity index (χ4v) is 1.87. The molecule has 0 aromatic rings. The third-order valence-electron chi connectivity index (χ3n) is 2.86. The molecule has 1 aliphatic rings. The average molecular weight is 142 g/mol. The van der Waals surface area contributed by atoms with Gasteiger partial charge in [0.05, 0.1) is 0 Å². The number of nitrogens with zero attached hydrogens (tertiary/aromatic N) is 1. The molecule has 1 saturated carbocycles. The van der Waals surface area contributed by atoms with Crippen LogP contribution < -0.4 is 5.73 Å². The fraction of sp³-hybridized carbons (Fsp3) is 1.00. The summed E-state index contributed by atoms with van der Waals surface area (Å²) in [7, 11) is 4.27. The molecule has 0 aromatic carbocycles. The van der Waals surface area contributed by atoms with Gasteiger partial charge in [-0.05, 0) is 26.9 Å². The summed E-state index contributed by atoms with van der Waals surface area (Å²) in [6.45, 7) is 0.819. The fourth-order valence-electron chi connectivity index (χ4n) is 1.87. The van der Waals surface area contributed by atoms with E-state index in [4.69, 9.17) is 5.73 Å². The quantitative estimate of drug-likeness (QED) is 0.618. The van der Waals surface area contributed by atoms with Crippen molar-refractivity contribution in [2.24, 2.45) is 5.73 Å². The first kappa shape index (κ1) is 8.02. The van der Waals surface area contributed by atoms with Gasteiger partial charge in [0, 0.05) is 12.1 Å². The minimum atomic E-state index is 0.347. The van der Waals surface area contributed by atoms with Gasteiger partial charge in [-0.1, -0.05) is 12.8 Å². The number of rotatable bonds is 2. The van der Waals surface area contributed by atoms with E-state index in [2.05, 4.69) is 19.0 Å². The highest BCUT2D eigenvalue weighted by molar-refractivity contribution is 4.93. The summed E-state index contributed by atoms with van der Waals surface area (Å²) in [5.74, 6) is 0. The lowest BCUT2D eigenvalue weighted by Crippen LogP contribution is -2.47. The van der Waals surface area contributed by atoms with E-state index < -0.39 is 0 Å². The van der Waals surface area contributed by atoms with Crippen molar-refractivity contribution < 1.29 is 0 Å². The number of hydrogen-bond acceptors (Lipinski definition) is 2. The molecule has 0 aromatic heterocycles. The smallest absolute Gasteiger partial charge is 0.0325 e. The van der Waals surface area contributed by atoms with E-state index in [1.807, 2.05) is 0 Å². The Morgan fingerprint density at radius 2 is 1.80 bits per heavy atom. The van der Waals surface area contributed by atoms with E-state index in [9.17, 15) is 0 Å². The second-order valence-corrected chi connectivity index (χ2v) is 3.53. The summed E-state index contributed by atoms with van der Waals surface area (Å²) in [6.07, 6.45) is 5.29. The number of hydrogen-bond donors (Lipinski definition) is 1. The van der Waals surface area contributed by atoms with Crippen molar-refractivity contribution in [2.45, 2.75) is 31.2 Å². The molecule has 10 heavy (non-hydrogen) atoms. The molecule has 2 N–H and O–H groups in total. The van der Waals surface area contributed by atoms with E-state index in [0.717, 1.165) is 6.54 Å². The van der Waals surface area contributed by atoms with Crippen molar-refractivity contribution in [1.82, 2.24) is 4.90 Å². The molecule has 60 valence electrons. The van der Waals surface area contributed by atoms with Gasteiger partial charge in [0.15, 0.2) is 0 Å². The molecule has 0 aliphatic heterocycles. The molecule has 0 amide bonds. The van der Waals surface area contributed by atoms with Gasteiger partial charge in [0.2, 0.25) is 0 Å². The van der Waals surface area contributed by atoms with Crippen LogP contribution in [0.5, 0.6) is 0 Å². The molecule has 0 bridgehead atoms. The summed E-state index contributed by atoms with van der Waals surface area (Å²) in [5, 5.41) is 0. The molecule has 1 aliphatic carbocycles. The normalized spacial score (nSPS) is 24.0. The Morgan fingerprint density at radius 1 is 1.30 bits per heavy atom. The zero-order valence-electron chi connectivity index (χ0n) is 7.06. The van der Waals surface area contributed by atoms with Crippen molar-refractivity contribution in [2.75, 3.05) is 20.6 Å². The summed E-state index contributed by atoms with van der Waals surface area (Å²) < 4.78 is 0. The van der Waals surface area contributed by atoms with Crippen LogP contribution in [0, 0.1) is 0 Å². The first-order valence-electron chi connectivity index (χ1n) is 4.09. The SMILES string of the molecule is CN(C)C1(CN)CCCC1. The second-order valence-electron chi connectivity index (χ2n) is 3.53. The van der Waals surface area contributed by atoms with E-state index in [0.29, 0.717) is 5.54 Å². The molecule has 2 heteroatoms. The minimum absolute atomic E-state index is 0.347. The number of likely N-dealkylation sites (N-methyl/N-ethyl adjacent to an activating group) is 1. The Hall–Kier alpha value is -0.0800. The highest BCUT2D eigenvalue weighted by atomic mass is 15.2. The van der Waals surface area contributed by atoms with Gasteiger partial charge in [0.1, 0.15) is 0 Å². The van der Waals surface area contributed by atoms with Gasteiger partial charge in [-0.2, -0.15) is 0 Å². The Balaban J connectivity index is 2.58. The molecule has 0 radical (unpaired) electrons. The zero-order chi connectivity index (χ0) is 7.61.